The number of nitrogens with zero attached hydrogens (tertiary/aromatic N) is 2. The number of halogens is 1. The van der Waals surface area contributed by atoms with Crippen LogP contribution in [0.2, 0.25) is 5.02 Å². The lowest BCUT2D eigenvalue weighted by atomic mass is 10.2. The molecule has 0 atom stereocenters. The molecule has 0 unspecified atom stereocenters. The zero-order valence-electron chi connectivity index (χ0n) is 12.1. The zero-order valence-corrected chi connectivity index (χ0v) is 13.7. The van der Waals surface area contributed by atoms with Crippen molar-refractivity contribution in [3.05, 3.63) is 44.9 Å². The Kier molecular flexibility index (Phi) is 7.09. The molecule has 0 saturated carbocycles. The Morgan fingerprint density at radius 1 is 1.14 bits per heavy atom. The van der Waals surface area contributed by atoms with Gasteiger partial charge in [0.05, 0.1) is 6.61 Å². The number of aromatic nitrogens is 2. The molecule has 0 amide bonds. The molecule has 0 saturated heterocycles. The molecule has 1 N–H and O–H groups in total. The van der Waals surface area contributed by atoms with Crippen LogP contribution in [0.15, 0.2) is 24.3 Å². The molecule has 6 heteroatoms. The van der Waals surface area contributed by atoms with Gasteiger partial charge in [0, 0.05) is 31.5 Å². The van der Waals surface area contributed by atoms with Gasteiger partial charge in [-0.2, -0.15) is 0 Å². The van der Waals surface area contributed by atoms with Crippen molar-refractivity contribution < 1.29 is 4.74 Å². The molecule has 1 aromatic heterocycles. The average Bonchev–Trinajstić information content (AvgIpc) is 2.93. The molecule has 1 heterocycles. The van der Waals surface area contributed by atoms with Crippen LogP contribution >= 0.6 is 22.9 Å². The van der Waals surface area contributed by atoms with Crippen molar-refractivity contribution in [1.82, 2.24) is 15.5 Å². The van der Waals surface area contributed by atoms with E-state index in [4.69, 9.17) is 16.3 Å². The van der Waals surface area contributed by atoms with Gasteiger partial charge in [0.15, 0.2) is 0 Å². The van der Waals surface area contributed by atoms with Crippen molar-refractivity contribution in [1.29, 1.82) is 0 Å². The van der Waals surface area contributed by atoms with Crippen molar-refractivity contribution in [3.8, 4) is 0 Å². The van der Waals surface area contributed by atoms with Crippen molar-refractivity contribution in [2.24, 2.45) is 0 Å². The minimum atomic E-state index is 0.754. The van der Waals surface area contributed by atoms with Crippen LogP contribution in [0.4, 0.5) is 0 Å². The van der Waals surface area contributed by atoms with Gasteiger partial charge >= 0.3 is 0 Å². The highest BCUT2D eigenvalue weighted by Crippen LogP contribution is 2.17. The minimum Gasteiger partial charge on any atom is -0.383 e. The number of hydrogen-bond acceptors (Lipinski definition) is 5. The van der Waals surface area contributed by atoms with E-state index in [0.29, 0.717) is 0 Å². The Bertz CT molecular complexity index is 530. The SMILES string of the molecule is COCCNCCCc1nnc(Cc2ccc(Cl)cc2)s1. The van der Waals surface area contributed by atoms with Crippen LogP contribution in [0, 0.1) is 0 Å². The number of hydrogen-bond donors (Lipinski definition) is 1. The highest BCUT2D eigenvalue weighted by atomic mass is 35.5. The fourth-order valence-corrected chi connectivity index (χ4v) is 2.95. The van der Waals surface area contributed by atoms with E-state index in [2.05, 4.69) is 15.5 Å². The van der Waals surface area contributed by atoms with E-state index in [1.807, 2.05) is 24.3 Å². The second kappa shape index (κ2) is 9.10. The summed E-state index contributed by atoms with van der Waals surface area (Å²) in [6, 6.07) is 7.88. The van der Waals surface area contributed by atoms with Gasteiger partial charge < -0.3 is 10.1 Å². The fraction of sp³-hybridized carbons (Fsp3) is 0.467. The smallest absolute Gasteiger partial charge is 0.121 e. The zero-order chi connectivity index (χ0) is 14.9. The van der Waals surface area contributed by atoms with Gasteiger partial charge in [0.25, 0.3) is 0 Å². The Balaban J connectivity index is 1.72. The van der Waals surface area contributed by atoms with E-state index in [-0.39, 0.29) is 0 Å². The third-order valence-corrected chi connectivity index (χ3v) is 4.24. The van der Waals surface area contributed by atoms with Gasteiger partial charge in [0.2, 0.25) is 0 Å². The van der Waals surface area contributed by atoms with E-state index in [0.717, 1.165) is 54.0 Å². The molecule has 21 heavy (non-hydrogen) atoms. The van der Waals surface area contributed by atoms with E-state index < -0.39 is 0 Å². The summed E-state index contributed by atoms with van der Waals surface area (Å²) in [4.78, 5) is 0. The first kappa shape index (κ1) is 16.4. The quantitative estimate of drug-likeness (QED) is 0.720. The first-order valence-corrected chi connectivity index (χ1v) is 8.22. The maximum atomic E-state index is 5.88. The van der Waals surface area contributed by atoms with Gasteiger partial charge in [-0.05, 0) is 30.7 Å². The van der Waals surface area contributed by atoms with Crippen LogP contribution < -0.4 is 5.32 Å². The highest BCUT2D eigenvalue weighted by molar-refractivity contribution is 7.11. The number of ether oxygens (including phenoxy) is 1. The number of benzene rings is 1. The second-order valence-electron chi connectivity index (χ2n) is 4.74. The van der Waals surface area contributed by atoms with Crippen LogP contribution in [0.25, 0.3) is 0 Å². The summed E-state index contributed by atoms with van der Waals surface area (Å²) in [7, 11) is 1.71. The minimum absolute atomic E-state index is 0.754. The third kappa shape index (κ3) is 6.09. The molecule has 0 fully saturated rings. The van der Waals surface area contributed by atoms with Crippen molar-refractivity contribution in [2.75, 3.05) is 26.8 Å². The number of rotatable bonds is 9. The molecule has 0 aliphatic rings. The van der Waals surface area contributed by atoms with Gasteiger partial charge in [-0.25, -0.2) is 0 Å². The maximum absolute atomic E-state index is 5.88. The average molecular weight is 326 g/mol. The monoisotopic (exact) mass is 325 g/mol. The third-order valence-electron chi connectivity index (χ3n) is 3.00. The predicted molar refractivity (Wildman–Crippen MR) is 87.2 cm³/mol. The van der Waals surface area contributed by atoms with E-state index >= 15 is 0 Å². The second-order valence-corrected chi connectivity index (χ2v) is 6.32. The Morgan fingerprint density at radius 2 is 1.90 bits per heavy atom. The summed E-state index contributed by atoms with van der Waals surface area (Å²) in [5.41, 5.74) is 1.21. The molecule has 114 valence electrons. The van der Waals surface area contributed by atoms with Gasteiger partial charge in [-0.1, -0.05) is 23.7 Å². The highest BCUT2D eigenvalue weighted by Gasteiger charge is 2.05. The van der Waals surface area contributed by atoms with Crippen LogP contribution in [-0.2, 0) is 17.6 Å². The standard InChI is InChI=1S/C15H20ClN3OS/c1-20-10-9-17-8-2-3-14-18-19-15(21-14)11-12-4-6-13(16)7-5-12/h4-7,17H,2-3,8-11H2,1H3. The molecule has 0 spiro atoms. The largest absolute Gasteiger partial charge is 0.383 e. The normalized spacial score (nSPS) is 11.0. The summed E-state index contributed by atoms with van der Waals surface area (Å²) in [6.07, 6.45) is 2.86. The molecule has 0 bridgehead atoms. The summed E-state index contributed by atoms with van der Waals surface area (Å²) in [5, 5.41) is 14.8. The van der Waals surface area contributed by atoms with Crippen molar-refractivity contribution in [3.63, 3.8) is 0 Å². The van der Waals surface area contributed by atoms with Crippen LogP contribution in [0.5, 0.6) is 0 Å². The van der Waals surface area contributed by atoms with Crippen LogP contribution in [-0.4, -0.2) is 37.0 Å². The molecule has 2 rings (SSSR count). The Labute approximate surface area is 134 Å². The van der Waals surface area contributed by atoms with E-state index in [1.54, 1.807) is 18.4 Å². The topological polar surface area (TPSA) is 47.0 Å². The summed E-state index contributed by atoms with van der Waals surface area (Å²) < 4.78 is 4.98. The van der Waals surface area contributed by atoms with Gasteiger partial charge in [0.1, 0.15) is 10.0 Å². The molecule has 0 radical (unpaired) electrons. The first-order valence-electron chi connectivity index (χ1n) is 7.03. The molecular formula is C15H20ClN3OS. The lowest BCUT2D eigenvalue weighted by Gasteiger charge is -2.01. The molecule has 4 nitrogen and oxygen atoms in total. The molecular weight excluding hydrogens is 306 g/mol. The van der Waals surface area contributed by atoms with E-state index in [1.165, 1.54) is 5.56 Å². The Hall–Kier alpha value is -1.01. The van der Waals surface area contributed by atoms with E-state index in [9.17, 15) is 0 Å². The molecule has 0 aliphatic carbocycles. The lowest BCUT2D eigenvalue weighted by molar-refractivity contribution is 0.199. The van der Waals surface area contributed by atoms with Crippen LogP contribution in [0.1, 0.15) is 22.0 Å². The first-order chi connectivity index (χ1) is 10.3. The van der Waals surface area contributed by atoms with Gasteiger partial charge in [-0.15, -0.1) is 21.5 Å². The molecule has 2 aromatic rings. The van der Waals surface area contributed by atoms with Crippen molar-refractivity contribution in [2.45, 2.75) is 19.3 Å². The van der Waals surface area contributed by atoms with Crippen molar-refractivity contribution >= 4 is 22.9 Å². The fourth-order valence-electron chi connectivity index (χ4n) is 1.90. The Morgan fingerprint density at radius 3 is 2.67 bits per heavy atom. The number of methoxy groups -OCH3 is 1. The predicted octanol–water partition coefficient (Wildman–Crippen LogP) is 2.95. The molecule has 0 aliphatic heterocycles. The number of nitrogens with one attached hydrogen (secondary N) is 1. The summed E-state index contributed by atoms with van der Waals surface area (Å²) in [6.45, 7) is 2.63. The summed E-state index contributed by atoms with van der Waals surface area (Å²) >= 11 is 7.57. The van der Waals surface area contributed by atoms with Gasteiger partial charge in [-0.3, -0.25) is 0 Å². The summed E-state index contributed by atoms with van der Waals surface area (Å²) in [5.74, 6) is 0. The molecule has 1 aromatic carbocycles. The lowest BCUT2D eigenvalue weighted by Crippen LogP contribution is -2.20. The maximum Gasteiger partial charge on any atom is 0.121 e. The van der Waals surface area contributed by atoms with Crippen LogP contribution in [0.3, 0.4) is 0 Å². The number of aryl methyl sites for hydroxylation is 1.